The van der Waals surface area contributed by atoms with Gasteiger partial charge in [-0.1, -0.05) is 30.7 Å². The van der Waals surface area contributed by atoms with E-state index in [1.54, 1.807) is 18.2 Å². The molecule has 0 aliphatic heterocycles. The minimum Gasteiger partial charge on any atom is -0.488 e. The van der Waals surface area contributed by atoms with E-state index in [4.69, 9.17) is 21.1 Å². The van der Waals surface area contributed by atoms with Crippen molar-refractivity contribution >= 4 is 33.7 Å². The maximum atomic E-state index is 11.3. The standard InChI is InChI=1S/C17H16BrClO4/c1-3-11-7-8-16(13(18)9-11)22-10-12-14(19)5-4-6-15(12)23-17(20)21-2/h4-9H,3,10H2,1-2H3. The van der Waals surface area contributed by atoms with Crippen LogP contribution in [0, 0.1) is 0 Å². The van der Waals surface area contributed by atoms with Crippen LogP contribution in [-0.2, 0) is 17.8 Å². The number of carbonyl (C=O) groups excluding carboxylic acids is 1. The Morgan fingerprint density at radius 3 is 2.65 bits per heavy atom. The normalized spacial score (nSPS) is 10.3. The van der Waals surface area contributed by atoms with Crippen molar-refractivity contribution in [2.45, 2.75) is 20.0 Å². The number of methoxy groups -OCH3 is 1. The number of carbonyl (C=O) groups is 1. The van der Waals surface area contributed by atoms with Crippen LogP contribution < -0.4 is 9.47 Å². The topological polar surface area (TPSA) is 44.8 Å². The molecule has 2 aromatic rings. The first-order valence-electron chi connectivity index (χ1n) is 6.99. The van der Waals surface area contributed by atoms with Gasteiger partial charge >= 0.3 is 6.16 Å². The Morgan fingerprint density at radius 1 is 1.22 bits per heavy atom. The van der Waals surface area contributed by atoms with Crippen LogP contribution >= 0.6 is 27.5 Å². The number of aryl methyl sites for hydroxylation is 1. The van der Waals surface area contributed by atoms with Crippen LogP contribution in [0.1, 0.15) is 18.1 Å². The van der Waals surface area contributed by atoms with Crippen LogP contribution in [0.25, 0.3) is 0 Å². The third kappa shape index (κ3) is 4.62. The lowest BCUT2D eigenvalue weighted by Crippen LogP contribution is -2.10. The maximum absolute atomic E-state index is 11.3. The van der Waals surface area contributed by atoms with Crippen molar-refractivity contribution < 1.29 is 19.0 Å². The Morgan fingerprint density at radius 2 is 2.00 bits per heavy atom. The summed E-state index contributed by atoms with van der Waals surface area (Å²) >= 11 is 9.67. The lowest BCUT2D eigenvalue weighted by molar-refractivity contribution is 0.120. The maximum Gasteiger partial charge on any atom is 0.513 e. The number of ether oxygens (including phenoxy) is 3. The molecule has 0 radical (unpaired) electrons. The Hall–Kier alpha value is -1.72. The number of rotatable bonds is 5. The molecule has 0 amide bonds. The molecule has 122 valence electrons. The van der Waals surface area contributed by atoms with Crippen LogP contribution in [0.5, 0.6) is 11.5 Å². The van der Waals surface area contributed by atoms with Gasteiger partial charge in [0.15, 0.2) is 0 Å². The van der Waals surface area contributed by atoms with Gasteiger partial charge in [0.25, 0.3) is 0 Å². The summed E-state index contributed by atoms with van der Waals surface area (Å²) in [6.07, 6.45) is 0.141. The zero-order chi connectivity index (χ0) is 16.8. The monoisotopic (exact) mass is 398 g/mol. The van der Waals surface area contributed by atoms with Crippen LogP contribution in [0.3, 0.4) is 0 Å². The largest absolute Gasteiger partial charge is 0.513 e. The van der Waals surface area contributed by atoms with E-state index in [2.05, 4.69) is 27.6 Å². The quantitative estimate of drug-likeness (QED) is 0.499. The molecule has 4 nitrogen and oxygen atoms in total. The molecule has 0 heterocycles. The molecule has 6 heteroatoms. The average Bonchev–Trinajstić information content (AvgIpc) is 2.55. The fraction of sp³-hybridized carbons (Fsp3) is 0.235. The number of hydrogen-bond acceptors (Lipinski definition) is 4. The van der Waals surface area contributed by atoms with Crippen LogP contribution in [0.2, 0.25) is 5.02 Å². The molecule has 0 unspecified atom stereocenters. The molecule has 0 spiro atoms. The van der Waals surface area contributed by atoms with Gasteiger partial charge in [0, 0.05) is 0 Å². The molecule has 2 rings (SSSR count). The molecule has 0 saturated heterocycles. The van der Waals surface area contributed by atoms with E-state index < -0.39 is 6.16 Å². The smallest absolute Gasteiger partial charge is 0.488 e. The summed E-state index contributed by atoms with van der Waals surface area (Å²) in [5, 5.41) is 0.452. The second-order valence-corrected chi connectivity index (χ2v) is 5.94. The minimum atomic E-state index is -0.804. The molecule has 2 aromatic carbocycles. The summed E-state index contributed by atoms with van der Waals surface area (Å²) in [7, 11) is 1.25. The summed E-state index contributed by atoms with van der Waals surface area (Å²) in [6.45, 7) is 2.25. The van der Waals surface area contributed by atoms with Gasteiger partial charge in [-0.3, -0.25) is 0 Å². The Labute approximate surface area is 148 Å². The first-order chi connectivity index (χ1) is 11.0. The molecule has 23 heavy (non-hydrogen) atoms. The number of benzene rings is 2. The highest BCUT2D eigenvalue weighted by atomic mass is 79.9. The molecule has 0 bridgehead atoms. The van der Waals surface area contributed by atoms with E-state index in [1.807, 2.05) is 18.2 Å². The highest BCUT2D eigenvalue weighted by Crippen LogP contribution is 2.31. The van der Waals surface area contributed by atoms with E-state index >= 15 is 0 Å². The molecular weight excluding hydrogens is 384 g/mol. The van der Waals surface area contributed by atoms with Crippen molar-refractivity contribution in [3.8, 4) is 11.5 Å². The van der Waals surface area contributed by atoms with Crippen molar-refractivity contribution in [1.29, 1.82) is 0 Å². The zero-order valence-corrected chi connectivity index (χ0v) is 15.1. The summed E-state index contributed by atoms with van der Waals surface area (Å²) in [4.78, 5) is 11.3. The van der Waals surface area contributed by atoms with Gasteiger partial charge in [-0.2, -0.15) is 0 Å². The van der Waals surface area contributed by atoms with Crippen molar-refractivity contribution in [1.82, 2.24) is 0 Å². The molecule has 0 aliphatic rings. The fourth-order valence-electron chi connectivity index (χ4n) is 1.94. The molecule has 0 aliphatic carbocycles. The van der Waals surface area contributed by atoms with E-state index in [-0.39, 0.29) is 6.61 Å². The van der Waals surface area contributed by atoms with E-state index in [9.17, 15) is 4.79 Å². The Bertz CT molecular complexity index is 703. The number of hydrogen-bond donors (Lipinski definition) is 0. The second kappa shape index (κ2) is 8.22. The van der Waals surface area contributed by atoms with Gasteiger partial charge in [0.2, 0.25) is 0 Å². The van der Waals surface area contributed by atoms with Crippen LogP contribution in [0.4, 0.5) is 4.79 Å². The van der Waals surface area contributed by atoms with E-state index in [1.165, 1.54) is 12.7 Å². The highest BCUT2D eigenvalue weighted by molar-refractivity contribution is 9.10. The summed E-state index contributed by atoms with van der Waals surface area (Å²) in [5.74, 6) is 0.997. The van der Waals surface area contributed by atoms with Gasteiger partial charge in [-0.25, -0.2) is 4.79 Å². The van der Waals surface area contributed by atoms with Crippen molar-refractivity contribution in [3.63, 3.8) is 0 Å². The third-order valence-electron chi connectivity index (χ3n) is 3.21. The summed E-state index contributed by atoms with van der Waals surface area (Å²) < 4.78 is 16.3. The average molecular weight is 400 g/mol. The number of halogens is 2. The second-order valence-electron chi connectivity index (χ2n) is 4.68. The predicted octanol–water partition coefficient (Wildman–Crippen LogP) is 5.39. The van der Waals surface area contributed by atoms with Crippen molar-refractivity contribution in [2.24, 2.45) is 0 Å². The summed E-state index contributed by atoms with van der Waals surface area (Å²) in [5.41, 5.74) is 1.78. The first-order valence-corrected chi connectivity index (χ1v) is 8.16. The lowest BCUT2D eigenvalue weighted by atomic mass is 10.2. The van der Waals surface area contributed by atoms with Crippen molar-refractivity contribution in [2.75, 3.05) is 7.11 Å². The van der Waals surface area contributed by atoms with E-state index in [0.29, 0.717) is 22.1 Å². The molecule has 0 saturated carbocycles. The van der Waals surface area contributed by atoms with Gasteiger partial charge in [-0.05, 0) is 52.2 Å². The van der Waals surface area contributed by atoms with Crippen molar-refractivity contribution in [3.05, 3.63) is 57.0 Å². The van der Waals surface area contributed by atoms with Gasteiger partial charge in [0.1, 0.15) is 18.1 Å². The minimum absolute atomic E-state index is 0.163. The highest BCUT2D eigenvalue weighted by Gasteiger charge is 2.14. The van der Waals surface area contributed by atoms with Crippen LogP contribution in [0.15, 0.2) is 40.9 Å². The fourth-order valence-corrected chi connectivity index (χ4v) is 2.70. The SMILES string of the molecule is CCc1ccc(OCc2c(Cl)cccc2OC(=O)OC)c(Br)c1. The van der Waals surface area contributed by atoms with Crippen LogP contribution in [-0.4, -0.2) is 13.3 Å². The third-order valence-corrected chi connectivity index (χ3v) is 4.19. The van der Waals surface area contributed by atoms with Gasteiger partial charge < -0.3 is 14.2 Å². The molecule has 0 N–H and O–H groups in total. The van der Waals surface area contributed by atoms with E-state index in [0.717, 1.165) is 10.9 Å². The lowest BCUT2D eigenvalue weighted by Gasteiger charge is -2.13. The molecule has 0 fully saturated rings. The molecule has 0 atom stereocenters. The van der Waals surface area contributed by atoms with Gasteiger partial charge in [0.05, 0.1) is 22.2 Å². The predicted molar refractivity (Wildman–Crippen MR) is 92.3 cm³/mol. The molecule has 0 aromatic heterocycles. The van der Waals surface area contributed by atoms with Gasteiger partial charge in [-0.15, -0.1) is 0 Å². The summed E-state index contributed by atoms with van der Waals surface area (Å²) in [6, 6.07) is 10.9. The zero-order valence-electron chi connectivity index (χ0n) is 12.8. The molecular formula is C17H16BrClO4. The Balaban J connectivity index is 2.18. The first kappa shape index (κ1) is 17.6. The Kier molecular flexibility index (Phi) is 6.30.